The van der Waals surface area contributed by atoms with Crippen molar-refractivity contribution in [3.8, 4) is 27.9 Å². The fourth-order valence-corrected chi connectivity index (χ4v) is 7.48. The maximum atomic E-state index is 13.7. The number of aliphatic hydroxyl groups is 1. The van der Waals surface area contributed by atoms with Crippen LogP contribution in [0.1, 0.15) is 28.9 Å². The summed E-state index contributed by atoms with van der Waals surface area (Å²) in [5, 5.41) is 24.0. The Hall–Kier alpha value is -4.63. The van der Waals surface area contributed by atoms with Crippen LogP contribution in [0.25, 0.3) is 32.9 Å². The molecular formula is C30H22N6O3S2. The van der Waals surface area contributed by atoms with Crippen molar-refractivity contribution in [2.24, 2.45) is 0 Å². The molecule has 7 rings (SSSR count). The molecule has 11 heteroatoms. The molecule has 41 heavy (non-hydrogen) atoms. The minimum absolute atomic E-state index is 0.139. The third-order valence-electron chi connectivity index (χ3n) is 7.49. The SMILES string of the molecule is Cc1ccc(S(=O)(=O)n2cc(-c3nc(-c4cccc([C@]5(O)CCn6ccnc65)c4)cs3)c3cc(C#N)cnc32)cc1. The van der Waals surface area contributed by atoms with E-state index in [9.17, 15) is 18.8 Å². The van der Waals surface area contributed by atoms with Crippen LogP contribution >= 0.6 is 11.3 Å². The molecule has 5 heterocycles. The predicted octanol–water partition coefficient (Wildman–Crippen LogP) is 5.08. The zero-order valence-corrected chi connectivity index (χ0v) is 23.4. The van der Waals surface area contributed by atoms with Gasteiger partial charge < -0.3 is 9.67 Å². The minimum atomic E-state index is -3.96. The van der Waals surface area contributed by atoms with E-state index in [2.05, 4.69) is 16.0 Å². The molecule has 6 aromatic rings. The maximum Gasteiger partial charge on any atom is 0.269 e. The number of thiazole rings is 1. The summed E-state index contributed by atoms with van der Waals surface area (Å²) in [5.74, 6) is 0.622. The summed E-state index contributed by atoms with van der Waals surface area (Å²) in [6.45, 7) is 2.58. The molecule has 0 spiro atoms. The van der Waals surface area contributed by atoms with Gasteiger partial charge in [0, 0.05) is 59.6 Å². The number of hydrogen-bond acceptors (Lipinski definition) is 8. The summed E-state index contributed by atoms with van der Waals surface area (Å²) >= 11 is 1.37. The summed E-state index contributed by atoms with van der Waals surface area (Å²) in [6.07, 6.45) is 6.98. The normalized spacial score (nSPS) is 16.6. The molecule has 1 aliphatic rings. The topological polar surface area (TPSA) is 127 Å². The summed E-state index contributed by atoms with van der Waals surface area (Å²) in [7, 11) is -3.96. The molecule has 2 aromatic carbocycles. The van der Waals surface area contributed by atoms with E-state index in [1.807, 2.05) is 47.3 Å². The molecule has 0 aliphatic carbocycles. The Bertz CT molecular complexity index is 2120. The third kappa shape index (κ3) is 3.99. The number of hydrogen-bond donors (Lipinski definition) is 1. The predicted molar refractivity (Wildman–Crippen MR) is 155 cm³/mol. The molecule has 0 unspecified atom stereocenters. The first-order chi connectivity index (χ1) is 19.8. The fraction of sp³-hybridized carbons (Fsp3) is 0.133. The number of benzene rings is 2. The van der Waals surface area contributed by atoms with Gasteiger partial charge in [-0.05, 0) is 36.8 Å². The van der Waals surface area contributed by atoms with Gasteiger partial charge in [0.2, 0.25) is 0 Å². The number of imidazole rings is 1. The van der Waals surface area contributed by atoms with E-state index in [1.54, 1.807) is 36.5 Å². The van der Waals surface area contributed by atoms with Crippen LogP contribution in [0.5, 0.6) is 0 Å². The first-order valence-electron chi connectivity index (χ1n) is 12.8. The van der Waals surface area contributed by atoms with Crippen LogP contribution in [0, 0.1) is 18.3 Å². The third-order valence-corrected chi connectivity index (χ3v) is 10.0. The Morgan fingerprint density at radius 1 is 1.12 bits per heavy atom. The lowest BCUT2D eigenvalue weighted by atomic mass is 9.90. The van der Waals surface area contributed by atoms with E-state index in [1.165, 1.54) is 23.7 Å². The highest BCUT2D eigenvalue weighted by Crippen LogP contribution is 2.40. The first-order valence-corrected chi connectivity index (χ1v) is 15.1. The lowest BCUT2D eigenvalue weighted by Gasteiger charge is -2.22. The van der Waals surface area contributed by atoms with Gasteiger partial charge in [0.1, 0.15) is 22.5 Å². The van der Waals surface area contributed by atoms with Crippen LogP contribution in [0.2, 0.25) is 0 Å². The van der Waals surface area contributed by atoms with Gasteiger partial charge in [-0.2, -0.15) is 5.26 Å². The van der Waals surface area contributed by atoms with Crippen LogP contribution in [0.4, 0.5) is 0 Å². The molecule has 0 radical (unpaired) electrons. The van der Waals surface area contributed by atoms with Crippen molar-refractivity contribution in [3.05, 3.63) is 107 Å². The molecule has 0 saturated carbocycles. The summed E-state index contributed by atoms with van der Waals surface area (Å²) in [4.78, 5) is 13.7. The average molecular weight is 579 g/mol. The van der Waals surface area contributed by atoms with Crippen molar-refractivity contribution in [2.75, 3.05) is 0 Å². The van der Waals surface area contributed by atoms with Gasteiger partial charge in [-0.15, -0.1) is 11.3 Å². The molecule has 1 N–H and O–H groups in total. The molecule has 9 nitrogen and oxygen atoms in total. The van der Waals surface area contributed by atoms with E-state index in [0.717, 1.165) is 20.7 Å². The standard InChI is InChI=1S/C30H22N6O3S2/c1-19-5-7-23(8-6-19)41(38,39)36-17-25(24-13-20(15-31)16-33-27(24)36)28-34-26(18-40-28)21-3-2-4-22(14-21)30(37)9-11-35-12-10-32-29(30)35/h2-8,10,12-14,16-18,37H,9,11H2,1H3/t30-/m1/s1. The average Bonchev–Trinajstić information content (AvgIpc) is 3.78. The van der Waals surface area contributed by atoms with Crippen LogP contribution in [0.15, 0.2) is 89.7 Å². The summed E-state index contributed by atoms with van der Waals surface area (Å²) < 4.78 is 30.4. The van der Waals surface area contributed by atoms with Crippen molar-refractivity contribution < 1.29 is 13.5 Å². The quantitative estimate of drug-likeness (QED) is 0.302. The molecule has 1 aliphatic heterocycles. The highest BCUT2D eigenvalue weighted by molar-refractivity contribution is 7.90. The second-order valence-corrected chi connectivity index (χ2v) is 12.7. The van der Waals surface area contributed by atoms with E-state index in [-0.39, 0.29) is 10.5 Å². The zero-order chi connectivity index (χ0) is 28.4. The summed E-state index contributed by atoms with van der Waals surface area (Å²) in [5.41, 5.74) is 3.09. The van der Waals surface area contributed by atoms with E-state index >= 15 is 0 Å². The van der Waals surface area contributed by atoms with E-state index in [4.69, 9.17) is 4.98 Å². The minimum Gasteiger partial charge on any atom is -0.377 e. The molecule has 0 fully saturated rings. The van der Waals surface area contributed by atoms with Crippen LogP contribution < -0.4 is 0 Å². The van der Waals surface area contributed by atoms with Crippen LogP contribution in [-0.4, -0.2) is 37.0 Å². The Balaban J connectivity index is 1.33. The monoisotopic (exact) mass is 578 g/mol. The number of aromatic nitrogens is 5. The lowest BCUT2D eigenvalue weighted by Crippen LogP contribution is -2.25. The summed E-state index contributed by atoms with van der Waals surface area (Å²) in [6, 6.07) is 18.0. The molecule has 0 saturated heterocycles. The Labute approximate surface area is 239 Å². The molecule has 1 atom stereocenters. The highest BCUT2D eigenvalue weighted by atomic mass is 32.2. The van der Waals surface area contributed by atoms with Gasteiger partial charge in [-0.25, -0.2) is 27.3 Å². The number of nitriles is 1. The highest BCUT2D eigenvalue weighted by Gasteiger charge is 2.40. The van der Waals surface area contributed by atoms with Crippen molar-refractivity contribution in [3.63, 3.8) is 0 Å². The van der Waals surface area contributed by atoms with Gasteiger partial charge >= 0.3 is 0 Å². The van der Waals surface area contributed by atoms with Crippen molar-refractivity contribution >= 4 is 32.4 Å². The van der Waals surface area contributed by atoms with Crippen LogP contribution in [0.3, 0.4) is 0 Å². The molecule has 0 bridgehead atoms. The molecule has 4 aromatic heterocycles. The second-order valence-electron chi connectivity index (χ2n) is 10.0. The lowest BCUT2D eigenvalue weighted by molar-refractivity contribution is 0.0786. The van der Waals surface area contributed by atoms with Crippen molar-refractivity contribution in [1.29, 1.82) is 5.26 Å². The molecule has 202 valence electrons. The Kier molecular flexibility index (Phi) is 5.69. The van der Waals surface area contributed by atoms with E-state index in [0.29, 0.717) is 46.0 Å². The fourth-order valence-electron chi connectivity index (χ4n) is 5.31. The maximum absolute atomic E-state index is 13.7. The van der Waals surface area contributed by atoms with Gasteiger partial charge in [0.15, 0.2) is 5.65 Å². The Morgan fingerprint density at radius 2 is 1.95 bits per heavy atom. The second kappa shape index (κ2) is 9.21. The largest absolute Gasteiger partial charge is 0.377 e. The number of fused-ring (bicyclic) bond motifs is 2. The van der Waals surface area contributed by atoms with Crippen molar-refractivity contribution in [1.82, 2.24) is 23.5 Å². The number of pyridine rings is 1. The molecular weight excluding hydrogens is 557 g/mol. The van der Waals surface area contributed by atoms with Gasteiger partial charge in [-0.3, -0.25) is 0 Å². The van der Waals surface area contributed by atoms with Gasteiger partial charge in [-0.1, -0.05) is 35.9 Å². The van der Waals surface area contributed by atoms with E-state index < -0.39 is 15.6 Å². The van der Waals surface area contributed by atoms with Crippen molar-refractivity contribution in [2.45, 2.75) is 30.4 Å². The molecule has 0 amide bonds. The smallest absolute Gasteiger partial charge is 0.269 e. The Morgan fingerprint density at radius 3 is 2.76 bits per heavy atom. The number of rotatable bonds is 5. The first kappa shape index (κ1) is 25.3. The number of nitrogens with zero attached hydrogens (tertiary/aromatic N) is 6. The zero-order valence-electron chi connectivity index (χ0n) is 21.8. The number of aryl methyl sites for hydroxylation is 2. The van der Waals surface area contributed by atoms with Gasteiger partial charge in [0.25, 0.3) is 10.0 Å². The van der Waals surface area contributed by atoms with Crippen LogP contribution in [-0.2, 0) is 22.2 Å². The van der Waals surface area contributed by atoms with Gasteiger partial charge in [0.05, 0.1) is 16.2 Å².